The molecule has 7 heteroatoms. The summed E-state index contributed by atoms with van der Waals surface area (Å²) in [4.78, 5) is 18.0. The van der Waals surface area contributed by atoms with Crippen LogP contribution in [0.5, 0.6) is 0 Å². The van der Waals surface area contributed by atoms with Gasteiger partial charge in [-0.25, -0.2) is 9.18 Å². The topological polar surface area (TPSA) is 51.1 Å². The number of thioether (sulfide) groups is 1. The van der Waals surface area contributed by atoms with E-state index in [1.807, 2.05) is 0 Å². The zero-order valence-electron chi connectivity index (χ0n) is 13.7. The fraction of sp³-hybridized carbons (Fsp3) is 0.733. The number of rotatable bonds is 2. The van der Waals surface area contributed by atoms with Gasteiger partial charge in [0, 0.05) is 12.3 Å². The van der Waals surface area contributed by atoms with Crippen LogP contribution in [-0.4, -0.2) is 52.3 Å². The molecule has 0 radical (unpaired) electrons. The van der Waals surface area contributed by atoms with E-state index in [4.69, 9.17) is 9.47 Å². The van der Waals surface area contributed by atoms with Crippen molar-refractivity contribution in [2.45, 2.75) is 52.0 Å². The molecule has 2 heterocycles. The molecule has 0 aromatic carbocycles. The van der Waals surface area contributed by atoms with Crippen molar-refractivity contribution in [3.05, 3.63) is 11.9 Å². The molecule has 0 spiro atoms. The Balaban J connectivity index is 2.19. The maximum atomic E-state index is 14.3. The van der Waals surface area contributed by atoms with E-state index in [0.29, 0.717) is 11.6 Å². The number of hydrogen-bond acceptors (Lipinski definition) is 5. The molecule has 1 saturated heterocycles. The molecule has 0 aromatic heterocycles. The number of carbonyl (C=O) groups excluding carboxylic acids is 1. The van der Waals surface area contributed by atoms with Crippen LogP contribution in [0.15, 0.2) is 16.9 Å². The molecule has 0 saturated carbocycles. The van der Waals surface area contributed by atoms with Crippen LogP contribution < -0.4 is 0 Å². The summed E-state index contributed by atoms with van der Waals surface area (Å²) in [6, 6.07) is -0.506. The molecular formula is C15H23FN2O3S. The van der Waals surface area contributed by atoms with Gasteiger partial charge >= 0.3 is 6.09 Å². The Morgan fingerprint density at radius 2 is 2.23 bits per heavy atom. The summed E-state index contributed by atoms with van der Waals surface area (Å²) in [6.07, 6.45) is 0.889. The number of carbonyl (C=O) groups is 1. The summed E-state index contributed by atoms with van der Waals surface area (Å²) in [6.45, 7) is 9.79. The van der Waals surface area contributed by atoms with Crippen molar-refractivity contribution in [3.8, 4) is 0 Å². The lowest BCUT2D eigenvalue weighted by atomic mass is 10.2. The Morgan fingerprint density at radius 1 is 1.55 bits per heavy atom. The van der Waals surface area contributed by atoms with Crippen LogP contribution in [0.4, 0.5) is 9.18 Å². The molecule has 2 rings (SSSR count). The van der Waals surface area contributed by atoms with Crippen LogP contribution in [-0.2, 0) is 9.47 Å². The highest BCUT2D eigenvalue weighted by molar-refractivity contribution is 8.14. The normalized spacial score (nSPS) is 25.4. The molecule has 2 aliphatic rings. The first-order chi connectivity index (χ1) is 10.1. The van der Waals surface area contributed by atoms with Crippen molar-refractivity contribution in [3.63, 3.8) is 0 Å². The van der Waals surface area contributed by atoms with Gasteiger partial charge in [0.05, 0.1) is 12.6 Å². The summed E-state index contributed by atoms with van der Waals surface area (Å²) in [7, 11) is 0. The molecular weight excluding hydrogens is 307 g/mol. The molecule has 0 N–H and O–H groups in total. The second kappa shape index (κ2) is 6.20. The molecule has 0 aromatic rings. The summed E-state index contributed by atoms with van der Waals surface area (Å²) in [5.74, 6) is 0.390. The van der Waals surface area contributed by atoms with Crippen molar-refractivity contribution < 1.29 is 18.7 Å². The van der Waals surface area contributed by atoms with Gasteiger partial charge in [0.15, 0.2) is 5.83 Å². The third-order valence-electron chi connectivity index (χ3n) is 3.24. The van der Waals surface area contributed by atoms with Crippen LogP contribution in [0.2, 0.25) is 0 Å². The lowest BCUT2D eigenvalue weighted by molar-refractivity contribution is -0.0610. The van der Waals surface area contributed by atoms with Gasteiger partial charge < -0.3 is 9.47 Å². The van der Waals surface area contributed by atoms with Crippen LogP contribution in [0.1, 0.15) is 34.6 Å². The average Bonchev–Trinajstić information content (AvgIpc) is 2.94. The fourth-order valence-electron chi connectivity index (χ4n) is 2.34. The van der Waals surface area contributed by atoms with Gasteiger partial charge in [0.1, 0.15) is 16.4 Å². The second-order valence-electron chi connectivity index (χ2n) is 6.73. The third kappa shape index (κ3) is 4.01. The number of amides is 1. The molecule has 124 valence electrons. The van der Waals surface area contributed by atoms with Crippen molar-refractivity contribution in [2.75, 3.05) is 18.9 Å². The van der Waals surface area contributed by atoms with E-state index in [0.717, 1.165) is 5.75 Å². The van der Waals surface area contributed by atoms with Crippen LogP contribution >= 0.6 is 11.8 Å². The van der Waals surface area contributed by atoms with Gasteiger partial charge in [0.25, 0.3) is 0 Å². The Bertz CT molecular complexity index is 511. The first-order valence-electron chi connectivity index (χ1n) is 7.31. The van der Waals surface area contributed by atoms with Gasteiger partial charge in [-0.2, -0.15) is 0 Å². The summed E-state index contributed by atoms with van der Waals surface area (Å²) in [5.41, 5.74) is -1.46. The van der Waals surface area contributed by atoms with Gasteiger partial charge in [0.2, 0.25) is 0 Å². The lowest BCUT2D eigenvalue weighted by Gasteiger charge is -2.34. The molecule has 0 bridgehead atoms. The van der Waals surface area contributed by atoms with E-state index >= 15 is 0 Å². The van der Waals surface area contributed by atoms with E-state index in [1.165, 1.54) is 22.7 Å². The quantitative estimate of drug-likeness (QED) is 0.779. The fourth-order valence-corrected chi connectivity index (χ4v) is 3.11. The van der Waals surface area contributed by atoms with Crippen molar-refractivity contribution in [1.82, 2.24) is 4.90 Å². The van der Waals surface area contributed by atoms with E-state index in [2.05, 4.69) is 4.99 Å². The van der Waals surface area contributed by atoms with Gasteiger partial charge in [-0.1, -0.05) is 0 Å². The highest BCUT2D eigenvalue weighted by Gasteiger charge is 2.45. The first-order valence-corrected chi connectivity index (χ1v) is 8.30. The molecule has 1 fully saturated rings. The Hall–Kier alpha value is -1.08. The minimum atomic E-state index is -0.839. The molecule has 5 nitrogen and oxygen atoms in total. The molecule has 1 amide bonds. The maximum absolute atomic E-state index is 14.3. The highest BCUT2D eigenvalue weighted by Crippen LogP contribution is 2.31. The molecule has 0 aliphatic carbocycles. The Morgan fingerprint density at radius 3 is 2.77 bits per heavy atom. The zero-order chi connectivity index (χ0) is 16.5. The highest BCUT2D eigenvalue weighted by atomic mass is 32.2. The standard InChI is InChI=1S/C15H23FN2O3S/c1-14(2,3)21-13(19)18-10(9-20-15(18,4)5)8-11(16)12-17-6-7-22-12/h8,10H,6-7,9H2,1-5H3/b11-8+. The Kier molecular flexibility index (Phi) is 4.87. The molecule has 1 atom stereocenters. The zero-order valence-corrected chi connectivity index (χ0v) is 14.5. The van der Waals surface area contributed by atoms with Crippen molar-refractivity contribution in [2.24, 2.45) is 4.99 Å². The van der Waals surface area contributed by atoms with Gasteiger partial charge in [-0.15, -0.1) is 11.8 Å². The first kappa shape index (κ1) is 17.3. The molecule has 22 heavy (non-hydrogen) atoms. The third-order valence-corrected chi connectivity index (χ3v) is 4.22. The summed E-state index contributed by atoms with van der Waals surface area (Å²) >= 11 is 1.38. The maximum Gasteiger partial charge on any atom is 0.413 e. The van der Waals surface area contributed by atoms with Gasteiger partial charge in [-0.05, 0) is 40.7 Å². The van der Waals surface area contributed by atoms with Crippen LogP contribution in [0.3, 0.4) is 0 Å². The van der Waals surface area contributed by atoms with E-state index in [1.54, 1.807) is 34.6 Å². The predicted octanol–water partition coefficient (Wildman–Crippen LogP) is 3.36. The number of ether oxygens (including phenoxy) is 2. The monoisotopic (exact) mass is 330 g/mol. The minimum absolute atomic E-state index is 0.234. The van der Waals surface area contributed by atoms with E-state index in [-0.39, 0.29) is 6.61 Å². The van der Waals surface area contributed by atoms with Crippen molar-refractivity contribution in [1.29, 1.82) is 0 Å². The second-order valence-corrected chi connectivity index (χ2v) is 7.81. The van der Waals surface area contributed by atoms with Crippen LogP contribution in [0, 0.1) is 0 Å². The Labute approximate surface area is 134 Å². The van der Waals surface area contributed by atoms with E-state index in [9.17, 15) is 9.18 Å². The average molecular weight is 330 g/mol. The van der Waals surface area contributed by atoms with Gasteiger partial charge in [-0.3, -0.25) is 9.89 Å². The number of hydrogen-bond donors (Lipinski definition) is 0. The van der Waals surface area contributed by atoms with E-state index < -0.39 is 29.3 Å². The lowest BCUT2D eigenvalue weighted by Crippen LogP contribution is -2.49. The molecule has 2 aliphatic heterocycles. The summed E-state index contributed by atoms with van der Waals surface area (Å²) in [5, 5.41) is 0.397. The number of halogens is 1. The predicted molar refractivity (Wildman–Crippen MR) is 85.8 cm³/mol. The largest absolute Gasteiger partial charge is 0.444 e. The summed E-state index contributed by atoms with van der Waals surface area (Å²) < 4.78 is 25.3. The molecule has 1 unspecified atom stereocenters. The van der Waals surface area contributed by atoms with Crippen LogP contribution in [0.25, 0.3) is 0 Å². The SMILES string of the molecule is CC(C)(C)OC(=O)N1C(/C=C(/F)C2=NCCS2)COC1(C)C. The minimum Gasteiger partial charge on any atom is -0.444 e. The number of nitrogens with zero attached hydrogens (tertiary/aromatic N) is 2. The smallest absolute Gasteiger partial charge is 0.413 e. The van der Waals surface area contributed by atoms with Crippen molar-refractivity contribution >= 4 is 22.9 Å². The number of aliphatic imine (C=N–C) groups is 1.